The summed E-state index contributed by atoms with van der Waals surface area (Å²) >= 11 is 3.46. The maximum absolute atomic E-state index is 9.02. The van der Waals surface area contributed by atoms with Gasteiger partial charge in [-0.15, -0.1) is 0 Å². The molecule has 0 saturated heterocycles. The first-order valence-corrected chi connectivity index (χ1v) is 6.32. The van der Waals surface area contributed by atoms with Crippen LogP contribution in [0.1, 0.15) is 18.5 Å². The SMILES string of the molecule is CCN(CCO)C(CN)c1cccc(Br)c1. The first kappa shape index (κ1) is 13.6. The number of aliphatic hydroxyl groups is 1. The van der Waals surface area contributed by atoms with Crippen LogP contribution < -0.4 is 5.73 Å². The van der Waals surface area contributed by atoms with E-state index in [9.17, 15) is 0 Å². The van der Waals surface area contributed by atoms with Gasteiger partial charge in [-0.25, -0.2) is 0 Å². The third-order valence-electron chi connectivity index (χ3n) is 2.69. The average molecular weight is 287 g/mol. The number of hydrogen-bond acceptors (Lipinski definition) is 3. The Kier molecular flexibility index (Phi) is 5.98. The summed E-state index contributed by atoms with van der Waals surface area (Å²) < 4.78 is 1.06. The minimum Gasteiger partial charge on any atom is -0.395 e. The Morgan fingerprint density at radius 1 is 1.50 bits per heavy atom. The Hall–Kier alpha value is -0.420. The van der Waals surface area contributed by atoms with Crippen LogP contribution in [0.4, 0.5) is 0 Å². The maximum atomic E-state index is 9.02. The van der Waals surface area contributed by atoms with Gasteiger partial charge in [-0.3, -0.25) is 4.90 Å². The second-order valence-electron chi connectivity index (χ2n) is 3.66. The zero-order chi connectivity index (χ0) is 12.0. The molecule has 0 heterocycles. The van der Waals surface area contributed by atoms with Crippen molar-refractivity contribution in [3.8, 4) is 0 Å². The molecule has 0 aliphatic rings. The first-order valence-electron chi connectivity index (χ1n) is 5.53. The van der Waals surface area contributed by atoms with Crippen LogP contribution in [0, 0.1) is 0 Å². The molecule has 0 amide bonds. The molecular formula is C12H19BrN2O. The Labute approximate surface area is 105 Å². The van der Waals surface area contributed by atoms with Gasteiger partial charge in [-0.05, 0) is 24.2 Å². The summed E-state index contributed by atoms with van der Waals surface area (Å²) in [6.07, 6.45) is 0. The van der Waals surface area contributed by atoms with Gasteiger partial charge in [0.1, 0.15) is 0 Å². The molecule has 16 heavy (non-hydrogen) atoms. The van der Waals surface area contributed by atoms with Gasteiger partial charge in [0, 0.05) is 23.6 Å². The molecule has 0 fully saturated rings. The molecule has 0 bridgehead atoms. The molecule has 3 nitrogen and oxygen atoms in total. The average Bonchev–Trinajstić information content (AvgIpc) is 2.29. The third kappa shape index (κ3) is 3.56. The van der Waals surface area contributed by atoms with Crippen LogP contribution in [0.25, 0.3) is 0 Å². The first-order chi connectivity index (χ1) is 7.72. The second kappa shape index (κ2) is 7.01. The minimum absolute atomic E-state index is 0.165. The molecular weight excluding hydrogens is 268 g/mol. The van der Waals surface area contributed by atoms with Crippen LogP contribution >= 0.6 is 15.9 Å². The van der Waals surface area contributed by atoms with E-state index in [1.807, 2.05) is 12.1 Å². The van der Waals surface area contributed by atoms with Crippen LogP contribution in [0.5, 0.6) is 0 Å². The quantitative estimate of drug-likeness (QED) is 0.838. The molecule has 1 aromatic rings. The highest BCUT2D eigenvalue weighted by Crippen LogP contribution is 2.22. The lowest BCUT2D eigenvalue weighted by atomic mass is 10.1. The Morgan fingerprint density at radius 2 is 2.25 bits per heavy atom. The summed E-state index contributed by atoms with van der Waals surface area (Å²) in [5.74, 6) is 0. The van der Waals surface area contributed by atoms with E-state index in [0.717, 1.165) is 11.0 Å². The summed E-state index contributed by atoms with van der Waals surface area (Å²) in [6, 6.07) is 8.34. The molecule has 1 rings (SSSR count). The predicted octanol–water partition coefficient (Wildman–Crippen LogP) is 1.76. The van der Waals surface area contributed by atoms with Gasteiger partial charge in [0.15, 0.2) is 0 Å². The number of likely N-dealkylation sites (N-methyl/N-ethyl adjacent to an activating group) is 1. The molecule has 0 aliphatic carbocycles. The van der Waals surface area contributed by atoms with Gasteiger partial charge < -0.3 is 10.8 Å². The molecule has 1 aromatic carbocycles. The maximum Gasteiger partial charge on any atom is 0.0558 e. The van der Waals surface area contributed by atoms with Crippen LogP contribution in [-0.4, -0.2) is 36.2 Å². The molecule has 0 aliphatic heterocycles. The van der Waals surface area contributed by atoms with Gasteiger partial charge in [-0.1, -0.05) is 35.0 Å². The molecule has 4 heteroatoms. The van der Waals surface area contributed by atoms with Crippen molar-refractivity contribution in [3.05, 3.63) is 34.3 Å². The zero-order valence-corrected chi connectivity index (χ0v) is 11.2. The topological polar surface area (TPSA) is 49.5 Å². The van der Waals surface area contributed by atoms with E-state index in [4.69, 9.17) is 10.8 Å². The molecule has 0 saturated carbocycles. The highest BCUT2D eigenvalue weighted by Gasteiger charge is 2.16. The fourth-order valence-corrected chi connectivity index (χ4v) is 2.29. The van der Waals surface area contributed by atoms with Crippen molar-refractivity contribution in [1.82, 2.24) is 4.90 Å². The van der Waals surface area contributed by atoms with Crippen LogP contribution in [-0.2, 0) is 0 Å². The third-order valence-corrected chi connectivity index (χ3v) is 3.18. The van der Waals surface area contributed by atoms with Gasteiger partial charge in [0.2, 0.25) is 0 Å². The Morgan fingerprint density at radius 3 is 2.75 bits per heavy atom. The van der Waals surface area contributed by atoms with E-state index in [1.165, 1.54) is 5.56 Å². The summed E-state index contributed by atoms with van der Waals surface area (Å²) in [5.41, 5.74) is 7.01. The van der Waals surface area contributed by atoms with E-state index in [0.29, 0.717) is 13.1 Å². The smallest absolute Gasteiger partial charge is 0.0558 e. The molecule has 0 radical (unpaired) electrons. The lowest BCUT2D eigenvalue weighted by molar-refractivity contribution is 0.160. The molecule has 90 valence electrons. The number of nitrogens with zero attached hydrogens (tertiary/aromatic N) is 1. The van der Waals surface area contributed by atoms with Crippen molar-refractivity contribution in [1.29, 1.82) is 0 Å². The van der Waals surface area contributed by atoms with Crippen molar-refractivity contribution in [2.75, 3.05) is 26.2 Å². The minimum atomic E-state index is 0.165. The van der Waals surface area contributed by atoms with Crippen molar-refractivity contribution in [3.63, 3.8) is 0 Å². The van der Waals surface area contributed by atoms with E-state index in [1.54, 1.807) is 0 Å². The molecule has 1 atom stereocenters. The van der Waals surface area contributed by atoms with E-state index in [-0.39, 0.29) is 12.6 Å². The highest BCUT2D eigenvalue weighted by molar-refractivity contribution is 9.10. The van der Waals surface area contributed by atoms with Gasteiger partial charge >= 0.3 is 0 Å². The number of aliphatic hydroxyl groups excluding tert-OH is 1. The lowest BCUT2D eigenvalue weighted by Crippen LogP contribution is -2.35. The predicted molar refractivity (Wildman–Crippen MR) is 70.3 cm³/mol. The molecule has 1 unspecified atom stereocenters. The number of nitrogens with two attached hydrogens (primary N) is 1. The number of rotatable bonds is 6. The van der Waals surface area contributed by atoms with Crippen molar-refractivity contribution >= 4 is 15.9 Å². The van der Waals surface area contributed by atoms with Crippen LogP contribution in [0.2, 0.25) is 0 Å². The van der Waals surface area contributed by atoms with E-state index < -0.39 is 0 Å². The zero-order valence-electron chi connectivity index (χ0n) is 9.56. The summed E-state index contributed by atoms with van der Waals surface area (Å²) in [5, 5.41) is 9.02. The van der Waals surface area contributed by atoms with Crippen molar-refractivity contribution < 1.29 is 5.11 Å². The molecule has 0 spiro atoms. The van der Waals surface area contributed by atoms with Crippen LogP contribution in [0.15, 0.2) is 28.7 Å². The van der Waals surface area contributed by atoms with Crippen molar-refractivity contribution in [2.45, 2.75) is 13.0 Å². The van der Waals surface area contributed by atoms with Crippen molar-refractivity contribution in [2.24, 2.45) is 5.73 Å². The lowest BCUT2D eigenvalue weighted by Gasteiger charge is -2.29. The summed E-state index contributed by atoms with van der Waals surface area (Å²) in [4.78, 5) is 2.18. The second-order valence-corrected chi connectivity index (χ2v) is 4.57. The molecule has 0 aromatic heterocycles. The fourth-order valence-electron chi connectivity index (χ4n) is 1.87. The fraction of sp³-hybridized carbons (Fsp3) is 0.500. The highest BCUT2D eigenvalue weighted by atomic mass is 79.9. The Bertz CT molecular complexity index is 320. The monoisotopic (exact) mass is 286 g/mol. The van der Waals surface area contributed by atoms with Gasteiger partial charge in [0.05, 0.1) is 6.61 Å². The van der Waals surface area contributed by atoms with E-state index >= 15 is 0 Å². The Balaban J connectivity index is 2.87. The standard InChI is InChI=1S/C12H19BrN2O/c1-2-15(6-7-16)12(9-14)10-4-3-5-11(13)8-10/h3-5,8,12,16H,2,6-7,9,14H2,1H3. The molecule has 3 N–H and O–H groups in total. The van der Waals surface area contributed by atoms with E-state index in [2.05, 4.69) is 39.9 Å². The summed E-state index contributed by atoms with van der Waals surface area (Å²) in [7, 11) is 0. The number of halogens is 1. The van der Waals surface area contributed by atoms with Crippen LogP contribution in [0.3, 0.4) is 0 Å². The van der Waals surface area contributed by atoms with Gasteiger partial charge in [-0.2, -0.15) is 0 Å². The normalized spacial score (nSPS) is 13.1. The summed E-state index contributed by atoms with van der Waals surface area (Å²) in [6.45, 7) is 4.35. The number of hydrogen-bond donors (Lipinski definition) is 2. The number of benzene rings is 1. The van der Waals surface area contributed by atoms with Gasteiger partial charge in [0.25, 0.3) is 0 Å². The largest absolute Gasteiger partial charge is 0.395 e.